The van der Waals surface area contributed by atoms with Crippen LogP contribution in [-0.4, -0.2) is 70.6 Å². The first kappa shape index (κ1) is 21.2. The van der Waals surface area contributed by atoms with Gasteiger partial charge in [0.05, 0.1) is 0 Å². The van der Waals surface area contributed by atoms with Crippen molar-refractivity contribution in [2.45, 2.75) is 0 Å². The zero-order valence-corrected chi connectivity index (χ0v) is 17.5. The van der Waals surface area contributed by atoms with Crippen LogP contribution in [0.3, 0.4) is 0 Å². The van der Waals surface area contributed by atoms with Crippen molar-refractivity contribution in [3.63, 3.8) is 0 Å². The molecule has 4 rings (SSSR count). The van der Waals surface area contributed by atoms with Gasteiger partial charge in [0.15, 0.2) is 0 Å². The summed E-state index contributed by atoms with van der Waals surface area (Å²) in [5.41, 5.74) is 4.08. The molecule has 4 aromatic rings. The summed E-state index contributed by atoms with van der Waals surface area (Å²) in [6, 6.07) is 3.50. The molecule has 29 heavy (non-hydrogen) atoms. The first-order valence-electron chi connectivity index (χ1n) is 8.35. The minimum atomic E-state index is 0.197. The van der Waals surface area contributed by atoms with Gasteiger partial charge >= 0.3 is 0 Å². The molecule has 3 aromatic carbocycles. The minimum Gasteiger partial charge on any atom is -0.135 e. The van der Waals surface area contributed by atoms with Gasteiger partial charge in [-0.25, -0.2) is 0 Å². The molecule has 1 heterocycles. The summed E-state index contributed by atoms with van der Waals surface area (Å²) in [7, 11) is 55.8. The lowest BCUT2D eigenvalue weighted by Gasteiger charge is -2.18. The number of hydrogen-bond acceptors (Lipinski definition) is 1. The molecule has 0 aliphatic rings. The largest absolute Gasteiger partial charge is 0.135 e. The maximum Gasteiger partial charge on any atom is 0.115 e. The Bertz CT molecular complexity index is 1340. The highest BCUT2D eigenvalue weighted by Gasteiger charge is 2.20. The molecule has 0 atom stereocenters. The number of halogens is 1. The van der Waals surface area contributed by atoms with Crippen LogP contribution >= 0.6 is 27.3 Å². The van der Waals surface area contributed by atoms with Gasteiger partial charge in [-0.1, -0.05) is 60.8 Å². The topological polar surface area (TPSA) is 0 Å². The van der Waals surface area contributed by atoms with Crippen LogP contribution in [0.15, 0.2) is 16.6 Å². The second-order valence-electron chi connectivity index (χ2n) is 6.75. The van der Waals surface area contributed by atoms with Crippen LogP contribution in [0.4, 0.5) is 0 Å². The van der Waals surface area contributed by atoms with Crippen molar-refractivity contribution in [2.75, 3.05) is 0 Å². The standard InChI is InChI=1S/C18H2B9BrS/c19-4-1-3(2-5(20)16(4)28)6-9(21)12(24)10(22)7-8-11(23)13(25)14(26)15(27)18(8)29-17(6)7/h1-2H. The predicted octanol–water partition coefficient (Wildman–Crippen LogP) is -4.37. The SMILES string of the molecule is [B]c1cc(-c2c([B])c([B])c([B])c3c2sc2c([B])c([B])c([B])c([B])c23)cc([B])c1Br. The molecule has 0 bridgehead atoms. The molecule has 11 heteroatoms. The molecule has 0 aliphatic carbocycles. The molecule has 0 fully saturated rings. The van der Waals surface area contributed by atoms with E-state index < -0.39 is 0 Å². The summed E-state index contributed by atoms with van der Waals surface area (Å²) in [5, 5.41) is 1.21. The van der Waals surface area contributed by atoms with Gasteiger partial charge in [0.25, 0.3) is 0 Å². The predicted molar refractivity (Wildman–Crippen MR) is 141 cm³/mol. The van der Waals surface area contributed by atoms with Crippen LogP contribution in [0, 0.1) is 0 Å². The van der Waals surface area contributed by atoms with Gasteiger partial charge in [-0.2, -0.15) is 0 Å². The lowest BCUT2D eigenvalue weighted by atomic mass is 9.64. The summed E-state index contributed by atoms with van der Waals surface area (Å²) >= 11 is 4.71. The number of fused-ring (bicyclic) bond motifs is 3. The first-order chi connectivity index (χ1) is 13.6. The van der Waals surface area contributed by atoms with Crippen LogP contribution in [0.25, 0.3) is 31.3 Å². The van der Waals surface area contributed by atoms with E-state index in [-0.39, 0.29) is 21.9 Å². The van der Waals surface area contributed by atoms with Crippen molar-refractivity contribution in [2.24, 2.45) is 0 Å². The molecule has 0 nitrogen and oxygen atoms in total. The minimum absolute atomic E-state index is 0.197. The number of thiophene rings is 1. The quantitative estimate of drug-likeness (QED) is 0.270. The Balaban J connectivity index is 2.29. The van der Waals surface area contributed by atoms with Gasteiger partial charge in [-0.3, -0.25) is 0 Å². The van der Waals surface area contributed by atoms with Gasteiger partial charge < -0.3 is 0 Å². The van der Waals surface area contributed by atoms with Crippen molar-refractivity contribution in [1.29, 1.82) is 0 Å². The number of benzene rings is 3. The molecular weight excluding hydrogens is 425 g/mol. The molecule has 0 N–H and O–H groups in total. The molecule has 1 aromatic heterocycles. The molecule has 114 valence electrons. The Morgan fingerprint density at radius 1 is 0.552 bits per heavy atom. The van der Waals surface area contributed by atoms with Gasteiger partial charge in [0, 0.05) is 13.9 Å². The van der Waals surface area contributed by atoms with E-state index >= 15 is 0 Å². The number of hydrogen-bond donors (Lipinski definition) is 0. The molecule has 0 saturated carbocycles. The zero-order chi connectivity index (χ0) is 21.4. The van der Waals surface area contributed by atoms with E-state index in [0.717, 1.165) is 4.70 Å². The van der Waals surface area contributed by atoms with E-state index in [1.54, 1.807) is 12.1 Å². The third-order valence-corrected chi connectivity index (χ3v) is 7.21. The second-order valence-corrected chi connectivity index (χ2v) is 8.56. The molecule has 0 spiro atoms. The zero-order valence-electron chi connectivity index (χ0n) is 15.1. The maximum atomic E-state index is 6.37. The van der Waals surface area contributed by atoms with E-state index in [4.69, 9.17) is 70.6 Å². The smallest absolute Gasteiger partial charge is 0.115 e. The molecule has 0 amide bonds. The van der Waals surface area contributed by atoms with Crippen LogP contribution < -0.4 is 49.2 Å². The van der Waals surface area contributed by atoms with E-state index in [0.29, 0.717) is 58.4 Å². The Morgan fingerprint density at radius 3 is 1.55 bits per heavy atom. The van der Waals surface area contributed by atoms with E-state index in [2.05, 4.69) is 15.9 Å². The molecule has 18 radical (unpaired) electrons. The molecular formula is C18H2B9BrS. The average molecular weight is 427 g/mol. The third-order valence-electron chi connectivity index (χ3n) is 5.06. The van der Waals surface area contributed by atoms with Gasteiger partial charge in [-0.15, -0.1) is 27.7 Å². The highest BCUT2D eigenvalue weighted by atomic mass is 79.9. The average Bonchev–Trinajstić information content (AvgIpc) is 3.07. The van der Waals surface area contributed by atoms with Gasteiger partial charge in [0.2, 0.25) is 0 Å². The van der Waals surface area contributed by atoms with Crippen molar-refractivity contribution >= 4 is 167 Å². The van der Waals surface area contributed by atoms with Crippen LogP contribution in [0.5, 0.6) is 0 Å². The van der Waals surface area contributed by atoms with Crippen molar-refractivity contribution in [1.82, 2.24) is 0 Å². The third kappa shape index (κ3) is 2.98. The normalized spacial score (nSPS) is 11.5. The van der Waals surface area contributed by atoms with E-state index in [1.165, 1.54) is 11.3 Å². The fourth-order valence-electron chi connectivity index (χ4n) is 3.50. The van der Waals surface area contributed by atoms with Crippen LogP contribution in [0.2, 0.25) is 0 Å². The van der Waals surface area contributed by atoms with Crippen molar-refractivity contribution in [3.8, 4) is 11.1 Å². The van der Waals surface area contributed by atoms with Crippen molar-refractivity contribution < 1.29 is 0 Å². The Morgan fingerprint density at radius 2 is 1.00 bits per heavy atom. The summed E-state index contributed by atoms with van der Waals surface area (Å²) in [6.07, 6.45) is 0. The fraction of sp³-hybridized carbons (Fsp3) is 0. The Hall–Kier alpha value is -1.06. The fourth-order valence-corrected chi connectivity index (χ4v) is 5.11. The first-order valence-corrected chi connectivity index (χ1v) is 9.96. The molecule has 0 aliphatic heterocycles. The van der Waals surface area contributed by atoms with E-state index in [9.17, 15) is 0 Å². The second kappa shape index (κ2) is 7.27. The van der Waals surface area contributed by atoms with E-state index in [1.807, 2.05) is 0 Å². The maximum absolute atomic E-state index is 6.37. The van der Waals surface area contributed by atoms with Crippen molar-refractivity contribution in [3.05, 3.63) is 16.6 Å². The number of rotatable bonds is 1. The summed E-state index contributed by atoms with van der Waals surface area (Å²) in [5.74, 6) is 0. The lowest BCUT2D eigenvalue weighted by Crippen LogP contribution is -2.47. The highest BCUT2D eigenvalue weighted by molar-refractivity contribution is 9.10. The summed E-state index contributed by atoms with van der Waals surface area (Å²) in [6.45, 7) is 0. The summed E-state index contributed by atoms with van der Waals surface area (Å²) in [4.78, 5) is 0. The van der Waals surface area contributed by atoms with Crippen LogP contribution in [-0.2, 0) is 0 Å². The lowest BCUT2D eigenvalue weighted by molar-refractivity contribution is 1.76. The Kier molecular flexibility index (Phi) is 5.31. The Labute approximate surface area is 194 Å². The molecule has 0 saturated heterocycles. The van der Waals surface area contributed by atoms with Gasteiger partial charge in [-0.05, 0) is 21.9 Å². The molecule has 0 unspecified atom stereocenters. The highest BCUT2D eigenvalue weighted by Crippen LogP contribution is 2.35. The summed E-state index contributed by atoms with van der Waals surface area (Å²) < 4.78 is 1.98. The van der Waals surface area contributed by atoms with Gasteiger partial charge in [0.1, 0.15) is 70.6 Å². The monoisotopic (exact) mass is 428 g/mol. The van der Waals surface area contributed by atoms with Crippen LogP contribution in [0.1, 0.15) is 0 Å².